The maximum Gasteiger partial charge on any atom is 0.410 e. The SMILES string of the molecule is CC(C)(C)OC(=O)N1CCN(CCN(CC2=CCC3CC2C3(C)C)C(=O)Nc2cccc(F)c2)CC1. The molecule has 2 bridgehead atoms. The van der Waals surface area contributed by atoms with Crippen LogP contribution in [0.1, 0.15) is 47.5 Å². The number of piperazine rings is 1. The van der Waals surface area contributed by atoms with Crippen LogP contribution in [-0.4, -0.2) is 78.2 Å². The molecule has 1 N–H and O–H groups in total. The molecule has 1 aliphatic heterocycles. The Morgan fingerprint density at radius 1 is 1.19 bits per heavy atom. The van der Waals surface area contributed by atoms with Crippen molar-refractivity contribution in [1.82, 2.24) is 14.7 Å². The maximum atomic E-state index is 13.7. The number of nitrogens with one attached hydrogen (secondary N) is 1. The molecule has 36 heavy (non-hydrogen) atoms. The molecule has 0 spiro atoms. The Hall–Kier alpha value is -2.61. The van der Waals surface area contributed by atoms with Crippen LogP contribution in [0.3, 0.4) is 0 Å². The molecule has 3 amide bonds. The van der Waals surface area contributed by atoms with Crippen molar-refractivity contribution in [2.24, 2.45) is 17.3 Å². The van der Waals surface area contributed by atoms with Crippen molar-refractivity contribution in [3.05, 3.63) is 41.7 Å². The van der Waals surface area contributed by atoms with Gasteiger partial charge in [-0.3, -0.25) is 4.90 Å². The average molecular weight is 501 g/mol. The molecular formula is C28H41FN4O3. The second kappa shape index (κ2) is 10.4. The third-order valence-corrected chi connectivity index (χ3v) is 8.03. The largest absolute Gasteiger partial charge is 0.444 e. The first-order valence-electron chi connectivity index (χ1n) is 13.1. The van der Waals surface area contributed by atoms with Gasteiger partial charge in [0.1, 0.15) is 11.4 Å². The molecule has 8 heteroatoms. The molecular weight excluding hydrogens is 459 g/mol. The van der Waals surface area contributed by atoms with Crippen LogP contribution in [0, 0.1) is 23.1 Å². The summed E-state index contributed by atoms with van der Waals surface area (Å²) in [7, 11) is 0. The predicted molar refractivity (Wildman–Crippen MR) is 139 cm³/mol. The second-order valence-corrected chi connectivity index (χ2v) is 12.0. The Labute approximate surface area is 214 Å². The molecule has 4 aliphatic rings. The van der Waals surface area contributed by atoms with Crippen LogP contribution in [0.5, 0.6) is 0 Å². The molecule has 0 aromatic heterocycles. The van der Waals surface area contributed by atoms with Crippen LogP contribution in [0.2, 0.25) is 0 Å². The minimum Gasteiger partial charge on any atom is -0.444 e. The number of carbonyl (C=O) groups excluding carboxylic acids is 2. The summed E-state index contributed by atoms with van der Waals surface area (Å²) in [6, 6.07) is 5.79. The van der Waals surface area contributed by atoms with E-state index in [1.807, 2.05) is 25.7 Å². The summed E-state index contributed by atoms with van der Waals surface area (Å²) in [4.78, 5) is 31.6. The van der Waals surface area contributed by atoms with Gasteiger partial charge >= 0.3 is 12.1 Å². The summed E-state index contributed by atoms with van der Waals surface area (Å²) in [5, 5.41) is 2.88. The Kier molecular flexibility index (Phi) is 7.64. The predicted octanol–water partition coefficient (Wildman–Crippen LogP) is 5.20. The second-order valence-electron chi connectivity index (χ2n) is 12.0. The average Bonchev–Trinajstić information content (AvgIpc) is 2.81. The molecule has 1 aromatic rings. The van der Waals surface area contributed by atoms with Gasteiger partial charge in [-0.25, -0.2) is 14.0 Å². The summed E-state index contributed by atoms with van der Waals surface area (Å²) in [6.07, 6.45) is 4.32. The van der Waals surface area contributed by atoms with E-state index in [1.165, 1.54) is 24.1 Å². The molecule has 1 heterocycles. The van der Waals surface area contributed by atoms with Crippen molar-refractivity contribution in [3.8, 4) is 0 Å². The van der Waals surface area contributed by atoms with Gasteiger partial charge in [0.15, 0.2) is 0 Å². The highest BCUT2D eigenvalue weighted by atomic mass is 19.1. The zero-order chi connectivity index (χ0) is 26.1. The number of anilines is 1. The fraction of sp³-hybridized carbons (Fsp3) is 0.643. The fourth-order valence-electron chi connectivity index (χ4n) is 5.64. The van der Waals surface area contributed by atoms with E-state index in [4.69, 9.17) is 4.74 Å². The lowest BCUT2D eigenvalue weighted by molar-refractivity contribution is -0.00981. The minimum absolute atomic E-state index is 0.215. The molecule has 5 rings (SSSR count). The lowest BCUT2D eigenvalue weighted by Crippen LogP contribution is -2.53. The lowest BCUT2D eigenvalue weighted by atomic mass is 9.49. The van der Waals surface area contributed by atoms with Gasteiger partial charge in [0.25, 0.3) is 0 Å². The van der Waals surface area contributed by atoms with Crippen molar-refractivity contribution >= 4 is 17.8 Å². The molecule has 1 saturated carbocycles. The number of carbonyl (C=O) groups is 2. The number of allylic oxidation sites excluding steroid dienone is 1. The number of urea groups is 1. The molecule has 2 atom stereocenters. The Morgan fingerprint density at radius 2 is 1.92 bits per heavy atom. The van der Waals surface area contributed by atoms with Gasteiger partial charge in [-0.15, -0.1) is 0 Å². The van der Waals surface area contributed by atoms with Crippen LogP contribution >= 0.6 is 0 Å². The smallest absolute Gasteiger partial charge is 0.410 e. The quantitative estimate of drug-likeness (QED) is 0.545. The zero-order valence-corrected chi connectivity index (χ0v) is 22.3. The topological polar surface area (TPSA) is 65.1 Å². The molecule has 2 unspecified atom stereocenters. The van der Waals surface area contributed by atoms with Gasteiger partial charge < -0.3 is 19.9 Å². The van der Waals surface area contributed by atoms with Gasteiger partial charge in [-0.2, -0.15) is 0 Å². The molecule has 1 saturated heterocycles. The number of rotatable bonds is 6. The lowest BCUT2D eigenvalue weighted by Gasteiger charge is -2.57. The van der Waals surface area contributed by atoms with Gasteiger partial charge in [0.2, 0.25) is 0 Å². The van der Waals surface area contributed by atoms with E-state index in [0.717, 1.165) is 25.4 Å². The number of halogens is 1. The summed E-state index contributed by atoms with van der Waals surface area (Å²) >= 11 is 0. The van der Waals surface area contributed by atoms with E-state index in [2.05, 4.69) is 30.1 Å². The number of amides is 3. The van der Waals surface area contributed by atoms with Gasteiger partial charge in [0, 0.05) is 51.5 Å². The molecule has 1 aromatic carbocycles. The highest BCUT2D eigenvalue weighted by Gasteiger charge is 2.51. The number of ether oxygens (including phenoxy) is 1. The van der Waals surface area contributed by atoms with E-state index in [1.54, 1.807) is 17.0 Å². The van der Waals surface area contributed by atoms with Crippen LogP contribution in [0.25, 0.3) is 0 Å². The molecule has 7 nitrogen and oxygen atoms in total. The number of fused-ring (bicyclic) bond motifs is 1. The van der Waals surface area contributed by atoms with Crippen LogP contribution in [0.15, 0.2) is 35.9 Å². The van der Waals surface area contributed by atoms with Crippen molar-refractivity contribution < 1.29 is 18.7 Å². The van der Waals surface area contributed by atoms with Gasteiger partial charge in [-0.1, -0.05) is 31.6 Å². The van der Waals surface area contributed by atoms with E-state index >= 15 is 0 Å². The highest BCUT2D eigenvalue weighted by Crippen LogP contribution is 2.59. The van der Waals surface area contributed by atoms with Gasteiger partial charge in [0.05, 0.1) is 0 Å². The van der Waals surface area contributed by atoms with E-state index in [0.29, 0.717) is 44.3 Å². The third-order valence-electron chi connectivity index (χ3n) is 8.03. The first-order chi connectivity index (χ1) is 16.9. The number of benzene rings is 1. The van der Waals surface area contributed by atoms with E-state index in [-0.39, 0.29) is 23.4 Å². The van der Waals surface area contributed by atoms with Gasteiger partial charge in [-0.05, 0) is 69.1 Å². The summed E-state index contributed by atoms with van der Waals surface area (Å²) in [6.45, 7) is 14.8. The highest BCUT2D eigenvalue weighted by molar-refractivity contribution is 5.89. The summed E-state index contributed by atoms with van der Waals surface area (Å²) < 4.78 is 19.2. The fourth-order valence-corrected chi connectivity index (χ4v) is 5.64. The monoisotopic (exact) mass is 500 g/mol. The normalized spacial score (nSPS) is 23.4. The van der Waals surface area contributed by atoms with E-state index in [9.17, 15) is 14.0 Å². The first kappa shape index (κ1) is 26.5. The van der Waals surface area contributed by atoms with Crippen LogP contribution in [-0.2, 0) is 4.74 Å². The standard InChI is InChI=1S/C28H41FN4O3/c1-27(2,3)36-26(35)32-14-11-31(12-15-32)13-16-33(25(34)30-23-8-6-7-22(29)18-23)19-20-9-10-21-17-24(20)28(21,4)5/h6-9,18,21,24H,10-17,19H2,1-5H3,(H,30,34). The number of nitrogens with zero attached hydrogens (tertiary/aromatic N) is 3. The zero-order valence-electron chi connectivity index (χ0n) is 22.3. The Morgan fingerprint density at radius 3 is 2.53 bits per heavy atom. The van der Waals surface area contributed by atoms with E-state index < -0.39 is 5.60 Å². The first-order valence-corrected chi connectivity index (χ1v) is 13.1. The number of hydrogen-bond acceptors (Lipinski definition) is 4. The summed E-state index contributed by atoms with van der Waals surface area (Å²) in [5.41, 5.74) is 1.57. The number of hydrogen-bond donors (Lipinski definition) is 1. The summed E-state index contributed by atoms with van der Waals surface area (Å²) in [5.74, 6) is 0.875. The van der Waals surface area contributed by atoms with Crippen LogP contribution in [0.4, 0.5) is 19.7 Å². The van der Waals surface area contributed by atoms with Crippen LogP contribution < -0.4 is 5.32 Å². The molecule has 0 radical (unpaired) electrons. The molecule has 198 valence electrons. The van der Waals surface area contributed by atoms with Crippen molar-refractivity contribution in [2.75, 3.05) is 51.1 Å². The minimum atomic E-state index is -0.507. The Bertz CT molecular complexity index is 995. The van der Waals surface area contributed by atoms with Crippen molar-refractivity contribution in [1.29, 1.82) is 0 Å². The maximum absolute atomic E-state index is 13.7. The Balaban J connectivity index is 1.36. The van der Waals surface area contributed by atoms with Crippen molar-refractivity contribution in [2.45, 2.75) is 53.1 Å². The third kappa shape index (κ3) is 6.20. The van der Waals surface area contributed by atoms with Crippen molar-refractivity contribution in [3.63, 3.8) is 0 Å². The molecule has 3 aliphatic carbocycles. The molecule has 2 fully saturated rings.